The maximum absolute atomic E-state index is 5.57. The van der Waals surface area contributed by atoms with Gasteiger partial charge in [-0.2, -0.15) is 0 Å². The van der Waals surface area contributed by atoms with Crippen LogP contribution in [0.15, 0.2) is 0 Å². The highest BCUT2D eigenvalue weighted by Gasteiger charge is 2.15. The highest BCUT2D eigenvalue weighted by Crippen LogP contribution is 2.25. The lowest BCUT2D eigenvalue weighted by molar-refractivity contribution is 0.117. The normalized spacial score (nSPS) is 14.2. The Labute approximate surface area is 94.8 Å². The molecule has 0 fully saturated rings. The van der Waals surface area contributed by atoms with Gasteiger partial charge in [-0.05, 0) is 44.7 Å². The summed E-state index contributed by atoms with van der Waals surface area (Å²) < 4.78 is 5.16. The molecule has 1 unspecified atom stereocenters. The molecule has 3 heteroatoms. The van der Waals surface area contributed by atoms with E-state index in [1.165, 1.54) is 12.8 Å². The van der Waals surface area contributed by atoms with E-state index in [1.54, 1.807) is 7.11 Å². The van der Waals surface area contributed by atoms with Crippen molar-refractivity contribution in [2.75, 3.05) is 26.7 Å². The summed E-state index contributed by atoms with van der Waals surface area (Å²) in [6.45, 7) is 9.46. The van der Waals surface area contributed by atoms with E-state index in [0.29, 0.717) is 11.5 Å². The third-order valence-corrected chi connectivity index (χ3v) is 2.86. The Morgan fingerprint density at radius 3 is 2.53 bits per heavy atom. The molecule has 0 spiro atoms. The van der Waals surface area contributed by atoms with Gasteiger partial charge in [-0.15, -0.1) is 0 Å². The van der Waals surface area contributed by atoms with E-state index < -0.39 is 0 Å². The van der Waals surface area contributed by atoms with E-state index >= 15 is 0 Å². The molecule has 0 saturated carbocycles. The Hall–Kier alpha value is -0.120. The first kappa shape index (κ1) is 14.9. The predicted molar refractivity (Wildman–Crippen MR) is 66.0 cm³/mol. The van der Waals surface area contributed by atoms with Crippen molar-refractivity contribution in [3.63, 3.8) is 0 Å². The van der Waals surface area contributed by atoms with Crippen LogP contribution >= 0.6 is 0 Å². The smallest absolute Gasteiger partial charge is 0.0667 e. The van der Waals surface area contributed by atoms with Crippen LogP contribution in [-0.4, -0.2) is 32.8 Å². The molecule has 0 aliphatic rings. The topological polar surface area (TPSA) is 47.3 Å². The second-order valence-electron chi connectivity index (χ2n) is 5.06. The number of nitrogens with one attached hydrogen (secondary N) is 1. The van der Waals surface area contributed by atoms with Gasteiger partial charge in [-0.3, -0.25) is 0 Å². The van der Waals surface area contributed by atoms with Gasteiger partial charge in [0.15, 0.2) is 0 Å². The fraction of sp³-hybridized carbons (Fsp3) is 1.00. The van der Waals surface area contributed by atoms with Crippen LogP contribution in [0.3, 0.4) is 0 Å². The van der Waals surface area contributed by atoms with E-state index in [4.69, 9.17) is 10.5 Å². The van der Waals surface area contributed by atoms with Crippen molar-refractivity contribution >= 4 is 0 Å². The number of methoxy groups -OCH3 is 1. The van der Waals surface area contributed by atoms with E-state index in [-0.39, 0.29) is 0 Å². The Bertz CT molecular complexity index is 149. The van der Waals surface area contributed by atoms with E-state index in [9.17, 15) is 0 Å². The first-order valence-electron chi connectivity index (χ1n) is 5.95. The van der Waals surface area contributed by atoms with Gasteiger partial charge in [-0.25, -0.2) is 0 Å². The van der Waals surface area contributed by atoms with Gasteiger partial charge in [-0.1, -0.05) is 13.8 Å². The maximum atomic E-state index is 5.57. The molecule has 0 aliphatic carbocycles. The van der Waals surface area contributed by atoms with Crippen LogP contribution < -0.4 is 11.1 Å². The van der Waals surface area contributed by atoms with Crippen LogP contribution in [0, 0.1) is 5.41 Å². The largest absolute Gasteiger partial charge is 0.380 e. The molecule has 0 heterocycles. The lowest BCUT2D eigenvalue weighted by Gasteiger charge is -2.23. The zero-order valence-electron chi connectivity index (χ0n) is 10.8. The average molecular weight is 216 g/mol. The highest BCUT2D eigenvalue weighted by molar-refractivity contribution is 4.69. The lowest BCUT2D eigenvalue weighted by atomic mass is 9.84. The minimum absolute atomic E-state index is 0.307. The Morgan fingerprint density at radius 2 is 2.00 bits per heavy atom. The summed E-state index contributed by atoms with van der Waals surface area (Å²) in [5.74, 6) is 0. The number of nitrogens with two attached hydrogens (primary N) is 1. The molecule has 0 rings (SSSR count). The van der Waals surface area contributed by atoms with Crippen molar-refractivity contribution < 1.29 is 4.74 Å². The highest BCUT2D eigenvalue weighted by atomic mass is 16.5. The monoisotopic (exact) mass is 216 g/mol. The summed E-state index contributed by atoms with van der Waals surface area (Å²) in [7, 11) is 1.75. The first-order chi connectivity index (χ1) is 7.02. The van der Waals surface area contributed by atoms with Crippen molar-refractivity contribution in [3.05, 3.63) is 0 Å². The summed E-state index contributed by atoms with van der Waals surface area (Å²) >= 11 is 0. The molecule has 0 amide bonds. The van der Waals surface area contributed by atoms with Crippen LogP contribution in [0.2, 0.25) is 0 Å². The summed E-state index contributed by atoms with van der Waals surface area (Å²) in [6, 6.07) is 0. The third kappa shape index (κ3) is 8.85. The molecular weight excluding hydrogens is 188 g/mol. The minimum atomic E-state index is 0.307. The van der Waals surface area contributed by atoms with Crippen molar-refractivity contribution in [1.29, 1.82) is 0 Å². The van der Waals surface area contributed by atoms with Crippen LogP contribution in [0.1, 0.15) is 40.0 Å². The molecule has 0 saturated heterocycles. The Balaban J connectivity index is 3.37. The SMILES string of the molecule is COC(C)CNCCCC(C)(C)CCN. The van der Waals surface area contributed by atoms with Crippen LogP contribution in [0.25, 0.3) is 0 Å². The van der Waals surface area contributed by atoms with Crippen LogP contribution in [0.4, 0.5) is 0 Å². The number of rotatable bonds is 9. The van der Waals surface area contributed by atoms with Gasteiger partial charge < -0.3 is 15.8 Å². The van der Waals surface area contributed by atoms with E-state index in [1.807, 2.05) is 0 Å². The average Bonchev–Trinajstić information content (AvgIpc) is 2.16. The number of hydrogen-bond acceptors (Lipinski definition) is 3. The number of hydrogen-bond donors (Lipinski definition) is 2. The quantitative estimate of drug-likeness (QED) is 0.577. The molecule has 92 valence electrons. The molecule has 0 radical (unpaired) electrons. The molecular formula is C12H28N2O. The van der Waals surface area contributed by atoms with Gasteiger partial charge in [0.1, 0.15) is 0 Å². The van der Waals surface area contributed by atoms with Gasteiger partial charge >= 0.3 is 0 Å². The molecule has 3 nitrogen and oxygen atoms in total. The third-order valence-electron chi connectivity index (χ3n) is 2.86. The summed E-state index contributed by atoms with van der Waals surface area (Å²) in [5, 5.41) is 3.39. The second-order valence-corrected chi connectivity index (χ2v) is 5.06. The van der Waals surface area contributed by atoms with Crippen molar-refractivity contribution in [2.24, 2.45) is 11.1 Å². The maximum Gasteiger partial charge on any atom is 0.0667 e. The second kappa shape index (κ2) is 8.08. The van der Waals surface area contributed by atoms with Crippen LogP contribution in [0.5, 0.6) is 0 Å². The lowest BCUT2D eigenvalue weighted by Crippen LogP contribution is -2.27. The molecule has 15 heavy (non-hydrogen) atoms. The van der Waals surface area contributed by atoms with Crippen molar-refractivity contribution in [2.45, 2.75) is 46.1 Å². The van der Waals surface area contributed by atoms with Crippen molar-refractivity contribution in [1.82, 2.24) is 5.32 Å². The molecule has 1 atom stereocenters. The molecule has 0 bridgehead atoms. The van der Waals surface area contributed by atoms with Gasteiger partial charge in [0.25, 0.3) is 0 Å². The standard InChI is InChI=1S/C12H28N2O/c1-11(15-4)10-14-9-5-6-12(2,3)7-8-13/h11,14H,5-10,13H2,1-4H3. The molecule has 0 aromatic carbocycles. The predicted octanol–water partition coefficient (Wildman–Crippen LogP) is 1.77. The molecule has 0 aromatic rings. The zero-order valence-corrected chi connectivity index (χ0v) is 10.8. The fourth-order valence-corrected chi connectivity index (χ4v) is 1.60. The van der Waals surface area contributed by atoms with Crippen LogP contribution in [-0.2, 0) is 4.74 Å². The zero-order chi connectivity index (χ0) is 11.7. The minimum Gasteiger partial charge on any atom is -0.380 e. The Morgan fingerprint density at radius 1 is 1.33 bits per heavy atom. The molecule has 0 aliphatic heterocycles. The molecule has 0 aromatic heterocycles. The molecule has 3 N–H and O–H groups in total. The summed E-state index contributed by atoms with van der Waals surface area (Å²) in [4.78, 5) is 0. The first-order valence-corrected chi connectivity index (χ1v) is 5.95. The van der Waals surface area contributed by atoms with Crippen molar-refractivity contribution in [3.8, 4) is 0 Å². The van der Waals surface area contributed by atoms with E-state index in [2.05, 4.69) is 26.1 Å². The number of ether oxygens (including phenoxy) is 1. The van der Waals surface area contributed by atoms with E-state index in [0.717, 1.165) is 26.1 Å². The summed E-state index contributed by atoms with van der Waals surface area (Å²) in [5.41, 5.74) is 5.96. The Kier molecular flexibility index (Phi) is 8.02. The van der Waals surface area contributed by atoms with Gasteiger partial charge in [0.2, 0.25) is 0 Å². The van der Waals surface area contributed by atoms with Gasteiger partial charge in [0, 0.05) is 13.7 Å². The van der Waals surface area contributed by atoms with Gasteiger partial charge in [0.05, 0.1) is 6.10 Å². The summed E-state index contributed by atoms with van der Waals surface area (Å²) in [6.07, 6.45) is 3.87. The fourth-order valence-electron chi connectivity index (χ4n) is 1.60.